The first-order chi connectivity index (χ1) is 7.71. The van der Waals surface area contributed by atoms with Crippen LogP contribution in [0.25, 0.3) is 0 Å². The molecule has 0 unspecified atom stereocenters. The van der Waals surface area contributed by atoms with Crippen LogP contribution in [0.15, 0.2) is 18.2 Å². The maximum atomic E-state index is 6.33. The first-order valence-electron chi connectivity index (χ1n) is 6.03. The monoisotopic (exact) mass is 236 g/mol. The van der Waals surface area contributed by atoms with Gasteiger partial charge in [-0.05, 0) is 37.8 Å². The summed E-state index contributed by atoms with van der Waals surface area (Å²) in [6, 6.07) is 6.16. The van der Waals surface area contributed by atoms with Crippen LogP contribution < -0.4 is 10.6 Å². The fourth-order valence-electron chi connectivity index (χ4n) is 2.61. The zero-order valence-electron chi connectivity index (χ0n) is 9.38. The van der Waals surface area contributed by atoms with E-state index in [1.165, 1.54) is 24.1 Å². The number of halogens is 1. The molecule has 2 aliphatic rings. The fourth-order valence-corrected chi connectivity index (χ4v) is 2.97. The molecular formula is C13H17ClN2. The summed E-state index contributed by atoms with van der Waals surface area (Å²) in [5, 5.41) is 0.837. The van der Waals surface area contributed by atoms with Gasteiger partial charge in [-0.3, -0.25) is 0 Å². The van der Waals surface area contributed by atoms with E-state index in [-0.39, 0.29) is 5.54 Å². The van der Waals surface area contributed by atoms with Crippen molar-refractivity contribution >= 4 is 17.3 Å². The van der Waals surface area contributed by atoms with Crippen LogP contribution in [0.3, 0.4) is 0 Å². The largest absolute Gasteiger partial charge is 0.371 e. The molecule has 2 N–H and O–H groups in total. The summed E-state index contributed by atoms with van der Waals surface area (Å²) in [6.45, 7) is 2.28. The molecule has 3 heteroatoms. The van der Waals surface area contributed by atoms with Crippen molar-refractivity contribution in [2.75, 3.05) is 18.0 Å². The molecule has 86 valence electrons. The number of nitrogens with two attached hydrogens (primary N) is 1. The minimum absolute atomic E-state index is 0.143. The van der Waals surface area contributed by atoms with Crippen molar-refractivity contribution < 1.29 is 0 Å². The smallest absolute Gasteiger partial charge is 0.0477 e. The van der Waals surface area contributed by atoms with Gasteiger partial charge in [-0.15, -0.1) is 0 Å². The lowest BCUT2D eigenvalue weighted by Gasteiger charge is -2.25. The Bertz CT molecular complexity index is 406. The number of hydrogen-bond donors (Lipinski definition) is 1. The van der Waals surface area contributed by atoms with Crippen LogP contribution in [0, 0.1) is 0 Å². The van der Waals surface area contributed by atoms with Gasteiger partial charge in [0.05, 0.1) is 0 Å². The van der Waals surface area contributed by atoms with Crippen molar-refractivity contribution in [3.05, 3.63) is 28.8 Å². The van der Waals surface area contributed by atoms with E-state index >= 15 is 0 Å². The van der Waals surface area contributed by atoms with Gasteiger partial charge >= 0.3 is 0 Å². The maximum absolute atomic E-state index is 6.33. The Hall–Kier alpha value is -0.730. The summed E-state index contributed by atoms with van der Waals surface area (Å²) in [7, 11) is 0. The number of benzene rings is 1. The molecule has 2 nitrogen and oxygen atoms in total. The molecule has 1 aromatic carbocycles. The van der Waals surface area contributed by atoms with Crippen LogP contribution in [0.2, 0.25) is 5.02 Å². The lowest BCUT2D eigenvalue weighted by Crippen LogP contribution is -2.26. The lowest BCUT2D eigenvalue weighted by atomic mass is 10.0. The highest BCUT2D eigenvalue weighted by Crippen LogP contribution is 2.49. The highest BCUT2D eigenvalue weighted by Gasteiger charge is 2.43. The standard InChI is InChI=1S/C13H17ClN2/c14-10-4-3-5-11(16-8-1-2-9-16)12(10)13(15)6-7-13/h3-5H,1-2,6-9,15H2. The highest BCUT2D eigenvalue weighted by molar-refractivity contribution is 6.32. The van der Waals surface area contributed by atoms with E-state index in [1.54, 1.807) is 0 Å². The minimum Gasteiger partial charge on any atom is -0.371 e. The number of anilines is 1. The molecule has 3 rings (SSSR count). The third-order valence-corrected chi connectivity index (χ3v) is 4.04. The van der Waals surface area contributed by atoms with Crippen LogP contribution in [0.4, 0.5) is 5.69 Å². The predicted molar refractivity (Wildman–Crippen MR) is 68.0 cm³/mol. The van der Waals surface area contributed by atoms with Crippen LogP contribution in [0.1, 0.15) is 31.2 Å². The van der Waals surface area contributed by atoms with Gasteiger partial charge in [-0.25, -0.2) is 0 Å². The summed E-state index contributed by atoms with van der Waals surface area (Å²) < 4.78 is 0. The average molecular weight is 237 g/mol. The zero-order valence-corrected chi connectivity index (χ0v) is 10.1. The van der Waals surface area contributed by atoms with Gasteiger partial charge in [0.25, 0.3) is 0 Å². The summed E-state index contributed by atoms with van der Waals surface area (Å²) in [5.74, 6) is 0. The molecule has 0 bridgehead atoms. The van der Waals surface area contributed by atoms with Crippen LogP contribution in [-0.4, -0.2) is 13.1 Å². The normalized spacial score (nSPS) is 22.5. The molecule has 0 radical (unpaired) electrons. The van der Waals surface area contributed by atoms with Gasteiger partial charge in [0.15, 0.2) is 0 Å². The Morgan fingerprint density at radius 1 is 1.19 bits per heavy atom. The van der Waals surface area contributed by atoms with E-state index in [9.17, 15) is 0 Å². The van der Waals surface area contributed by atoms with Crippen molar-refractivity contribution in [1.29, 1.82) is 0 Å². The van der Waals surface area contributed by atoms with E-state index in [1.807, 2.05) is 12.1 Å². The lowest BCUT2D eigenvalue weighted by molar-refractivity contribution is 0.733. The molecule has 16 heavy (non-hydrogen) atoms. The molecule has 1 heterocycles. The van der Waals surface area contributed by atoms with Crippen molar-refractivity contribution in [1.82, 2.24) is 0 Å². The van der Waals surface area contributed by atoms with Gasteiger partial charge in [0.1, 0.15) is 0 Å². The molecule has 1 aromatic rings. The van der Waals surface area contributed by atoms with Gasteiger partial charge in [-0.2, -0.15) is 0 Å². The summed E-state index contributed by atoms with van der Waals surface area (Å²) in [6.07, 6.45) is 4.70. The molecule has 0 aromatic heterocycles. The Labute approximate surface area is 101 Å². The van der Waals surface area contributed by atoms with Crippen LogP contribution >= 0.6 is 11.6 Å². The van der Waals surface area contributed by atoms with Crippen molar-refractivity contribution in [2.24, 2.45) is 5.73 Å². The fraction of sp³-hybridized carbons (Fsp3) is 0.538. The Morgan fingerprint density at radius 3 is 2.50 bits per heavy atom. The third-order valence-electron chi connectivity index (χ3n) is 3.72. The number of hydrogen-bond acceptors (Lipinski definition) is 2. The molecule has 0 atom stereocenters. The van der Waals surface area contributed by atoms with Gasteiger partial charge in [-0.1, -0.05) is 17.7 Å². The SMILES string of the molecule is NC1(c2c(Cl)cccc2N2CCCC2)CC1. The molecule has 2 fully saturated rings. The topological polar surface area (TPSA) is 29.3 Å². The Kier molecular flexibility index (Phi) is 2.37. The van der Waals surface area contributed by atoms with Crippen molar-refractivity contribution in [3.63, 3.8) is 0 Å². The van der Waals surface area contributed by atoms with Crippen LogP contribution in [-0.2, 0) is 5.54 Å². The second-order valence-electron chi connectivity index (χ2n) is 4.98. The number of nitrogens with zero attached hydrogens (tertiary/aromatic N) is 1. The van der Waals surface area contributed by atoms with Crippen molar-refractivity contribution in [2.45, 2.75) is 31.2 Å². The van der Waals surface area contributed by atoms with E-state index in [0.29, 0.717) is 0 Å². The predicted octanol–water partition coefficient (Wildman–Crippen LogP) is 2.89. The quantitative estimate of drug-likeness (QED) is 0.856. The van der Waals surface area contributed by atoms with Crippen LogP contribution in [0.5, 0.6) is 0 Å². The zero-order chi connectivity index (χ0) is 11.2. The second-order valence-corrected chi connectivity index (χ2v) is 5.39. The molecule has 1 saturated carbocycles. The molecule has 0 amide bonds. The Balaban J connectivity index is 2.06. The van der Waals surface area contributed by atoms with Gasteiger partial charge in [0.2, 0.25) is 0 Å². The van der Waals surface area contributed by atoms with E-state index in [2.05, 4.69) is 11.0 Å². The molecular weight excluding hydrogens is 220 g/mol. The van der Waals surface area contributed by atoms with Gasteiger partial charge < -0.3 is 10.6 Å². The first kappa shape index (κ1) is 10.4. The van der Waals surface area contributed by atoms with Crippen molar-refractivity contribution in [3.8, 4) is 0 Å². The third kappa shape index (κ3) is 1.61. The first-order valence-corrected chi connectivity index (χ1v) is 6.41. The summed E-state index contributed by atoms with van der Waals surface area (Å²) in [5.41, 5.74) is 8.63. The van der Waals surface area contributed by atoms with E-state index < -0.39 is 0 Å². The van der Waals surface area contributed by atoms with E-state index in [0.717, 1.165) is 31.0 Å². The van der Waals surface area contributed by atoms with Gasteiger partial charge in [0, 0.05) is 34.9 Å². The highest BCUT2D eigenvalue weighted by atomic mass is 35.5. The molecule has 1 aliphatic heterocycles. The number of rotatable bonds is 2. The molecule has 1 saturated heterocycles. The summed E-state index contributed by atoms with van der Waals surface area (Å²) >= 11 is 6.33. The maximum Gasteiger partial charge on any atom is 0.0477 e. The Morgan fingerprint density at radius 2 is 1.88 bits per heavy atom. The summed E-state index contributed by atoms with van der Waals surface area (Å²) in [4.78, 5) is 2.42. The molecule has 0 spiro atoms. The molecule has 1 aliphatic carbocycles. The second kappa shape index (κ2) is 3.64. The average Bonchev–Trinajstić information content (AvgIpc) is 2.83. The minimum atomic E-state index is -0.143. The van der Waals surface area contributed by atoms with E-state index in [4.69, 9.17) is 17.3 Å².